The molecule has 0 aromatic heterocycles. The molecule has 0 unspecified atom stereocenters. The number of fused-ring (bicyclic) bond motifs is 2. The molecule has 0 bridgehead atoms. The van der Waals surface area contributed by atoms with Gasteiger partial charge in [-0.1, -0.05) is 43.0 Å². The highest BCUT2D eigenvalue weighted by atomic mass is 16.5. The minimum Gasteiger partial charge on any atom is -0.490 e. The second-order valence-electron chi connectivity index (χ2n) is 5.44. The van der Waals surface area contributed by atoms with Crippen LogP contribution in [0.25, 0.3) is 6.08 Å². The van der Waals surface area contributed by atoms with Gasteiger partial charge in [-0.2, -0.15) is 0 Å². The van der Waals surface area contributed by atoms with E-state index in [1.54, 1.807) is 6.08 Å². The van der Waals surface area contributed by atoms with Crippen LogP contribution in [0.2, 0.25) is 0 Å². The average Bonchev–Trinajstić information content (AvgIpc) is 2.63. The van der Waals surface area contributed by atoms with Crippen molar-refractivity contribution in [2.24, 2.45) is 0 Å². The monoisotopic (exact) mass is 326 g/mol. The predicted molar refractivity (Wildman–Crippen MR) is 93.7 cm³/mol. The zero-order chi connectivity index (χ0) is 16.6. The van der Waals surface area contributed by atoms with Crippen molar-refractivity contribution < 1.29 is 18.9 Å². The minimum absolute atomic E-state index is 0.401. The maximum atomic E-state index is 5.99. The Labute approximate surface area is 142 Å². The Balaban J connectivity index is 1.87. The van der Waals surface area contributed by atoms with Gasteiger partial charge in [0.1, 0.15) is 19.0 Å². The molecule has 126 valence electrons. The quantitative estimate of drug-likeness (QED) is 0.791. The second-order valence-corrected chi connectivity index (χ2v) is 5.44. The van der Waals surface area contributed by atoms with Crippen molar-refractivity contribution in [1.29, 1.82) is 0 Å². The van der Waals surface area contributed by atoms with E-state index in [0.717, 1.165) is 34.8 Å². The van der Waals surface area contributed by atoms with Gasteiger partial charge in [0.25, 0.3) is 0 Å². The number of hydrogen-bond acceptors (Lipinski definition) is 4. The molecule has 0 atom stereocenters. The Morgan fingerprint density at radius 1 is 0.792 bits per heavy atom. The first-order valence-corrected chi connectivity index (χ1v) is 8.18. The summed E-state index contributed by atoms with van der Waals surface area (Å²) in [4.78, 5) is 0. The lowest BCUT2D eigenvalue weighted by molar-refractivity contribution is 0.0883. The molecule has 2 aromatic carbocycles. The number of hydrogen-bond donors (Lipinski definition) is 0. The summed E-state index contributed by atoms with van der Waals surface area (Å²) in [5.41, 5.74) is 1.92. The van der Waals surface area contributed by atoms with Gasteiger partial charge < -0.3 is 18.9 Å². The average molecular weight is 326 g/mol. The Kier molecular flexibility index (Phi) is 5.75. The van der Waals surface area contributed by atoms with Gasteiger partial charge in [0, 0.05) is 24.2 Å². The van der Waals surface area contributed by atoms with Gasteiger partial charge in [0.2, 0.25) is 0 Å². The molecule has 24 heavy (non-hydrogen) atoms. The Hall–Kier alpha value is -2.46. The molecule has 4 nitrogen and oxygen atoms in total. The van der Waals surface area contributed by atoms with Gasteiger partial charge in [0.05, 0.1) is 13.2 Å². The highest BCUT2D eigenvalue weighted by Crippen LogP contribution is 2.30. The zero-order valence-corrected chi connectivity index (χ0v) is 13.7. The third-order valence-electron chi connectivity index (χ3n) is 3.74. The molecule has 0 radical (unpaired) electrons. The minimum atomic E-state index is 0.401. The molecule has 0 aliphatic carbocycles. The lowest BCUT2D eigenvalue weighted by Gasteiger charge is -2.17. The second kappa shape index (κ2) is 8.41. The molecule has 0 saturated carbocycles. The maximum absolute atomic E-state index is 5.99. The van der Waals surface area contributed by atoms with Crippen LogP contribution in [0.15, 0.2) is 49.0 Å². The Morgan fingerprint density at radius 2 is 1.62 bits per heavy atom. The summed E-state index contributed by atoms with van der Waals surface area (Å²) in [5.74, 6) is 2.27. The number of para-hydroxylation sites is 3. The maximum Gasteiger partial charge on any atom is 0.161 e. The van der Waals surface area contributed by atoms with Gasteiger partial charge in [0.15, 0.2) is 11.5 Å². The van der Waals surface area contributed by atoms with E-state index in [-0.39, 0.29) is 0 Å². The third-order valence-corrected chi connectivity index (χ3v) is 3.74. The number of benzene rings is 2. The Bertz CT molecular complexity index is 681. The molecular weight excluding hydrogens is 304 g/mol. The summed E-state index contributed by atoms with van der Waals surface area (Å²) in [6, 6.07) is 13.7. The van der Waals surface area contributed by atoms with Crippen molar-refractivity contribution in [2.75, 3.05) is 26.4 Å². The van der Waals surface area contributed by atoms with Crippen molar-refractivity contribution in [1.82, 2.24) is 0 Å². The summed E-state index contributed by atoms with van der Waals surface area (Å²) in [6.07, 6.45) is 2.61. The predicted octanol–water partition coefficient (Wildman–Crippen LogP) is 4.09. The molecular formula is C20H22O4. The summed E-state index contributed by atoms with van der Waals surface area (Å²) >= 11 is 0. The third kappa shape index (κ3) is 4.09. The topological polar surface area (TPSA) is 36.9 Å². The van der Waals surface area contributed by atoms with E-state index in [4.69, 9.17) is 18.9 Å². The van der Waals surface area contributed by atoms with Crippen LogP contribution in [0, 0.1) is 0 Å². The fraction of sp³-hybridized carbons (Fsp3) is 0.300. The summed E-state index contributed by atoms with van der Waals surface area (Å²) in [6.45, 7) is 6.54. The standard InChI is InChI=1S/C20H22O4/c1-2-16-7-5-8-17-15-24-19-10-4-3-9-18(19)22-12-6-11-21-13-14-23-20(16)17/h2-5,7-10H,1,6,11-15H2. The molecule has 4 heteroatoms. The van der Waals surface area contributed by atoms with E-state index in [9.17, 15) is 0 Å². The van der Waals surface area contributed by atoms with Crippen molar-refractivity contribution in [3.05, 3.63) is 60.2 Å². The van der Waals surface area contributed by atoms with Gasteiger partial charge in [-0.25, -0.2) is 0 Å². The van der Waals surface area contributed by atoms with Crippen LogP contribution in [0.4, 0.5) is 0 Å². The van der Waals surface area contributed by atoms with E-state index in [1.807, 2.05) is 42.5 Å². The summed E-state index contributed by atoms with van der Waals surface area (Å²) in [5, 5.41) is 0. The van der Waals surface area contributed by atoms with Gasteiger partial charge >= 0.3 is 0 Å². The van der Waals surface area contributed by atoms with Gasteiger partial charge in [-0.15, -0.1) is 0 Å². The molecule has 2 aromatic rings. The zero-order valence-electron chi connectivity index (χ0n) is 13.7. The lowest BCUT2D eigenvalue weighted by atomic mass is 10.1. The van der Waals surface area contributed by atoms with E-state index in [1.165, 1.54) is 0 Å². The molecule has 3 rings (SSSR count). The normalized spacial score (nSPS) is 15.5. The largest absolute Gasteiger partial charge is 0.490 e. The molecule has 0 N–H and O–H groups in total. The molecule has 0 saturated heterocycles. The molecule has 0 amide bonds. The van der Waals surface area contributed by atoms with Crippen molar-refractivity contribution in [3.8, 4) is 17.2 Å². The van der Waals surface area contributed by atoms with Crippen molar-refractivity contribution in [3.63, 3.8) is 0 Å². The van der Waals surface area contributed by atoms with Crippen LogP contribution < -0.4 is 14.2 Å². The first kappa shape index (κ1) is 16.4. The summed E-state index contributed by atoms with van der Waals surface area (Å²) < 4.78 is 23.3. The Morgan fingerprint density at radius 3 is 2.46 bits per heavy atom. The SMILES string of the molecule is C=Cc1cccc2c1OCCOCCCOc1ccccc1OC2. The molecule has 1 aliphatic heterocycles. The lowest BCUT2D eigenvalue weighted by Crippen LogP contribution is -2.12. The molecule has 1 aliphatic rings. The van der Waals surface area contributed by atoms with E-state index < -0.39 is 0 Å². The molecule has 0 spiro atoms. The van der Waals surface area contributed by atoms with Crippen LogP contribution in [0.3, 0.4) is 0 Å². The molecule has 0 fully saturated rings. The van der Waals surface area contributed by atoms with Crippen LogP contribution >= 0.6 is 0 Å². The number of rotatable bonds is 1. The van der Waals surface area contributed by atoms with Crippen LogP contribution in [0.5, 0.6) is 17.2 Å². The highest BCUT2D eigenvalue weighted by molar-refractivity contribution is 5.58. The van der Waals surface area contributed by atoms with E-state index in [2.05, 4.69) is 6.58 Å². The fourth-order valence-electron chi connectivity index (χ4n) is 2.55. The van der Waals surface area contributed by atoms with Crippen molar-refractivity contribution >= 4 is 6.08 Å². The summed E-state index contributed by atoms with van der Waals surface area (Å²) in [7, 11) is 0. The first-order chi connectivity index (χ1) is 11.9. The van der Waals surface area contributed by atoms with E-state index >= 15 is 0 Å². The first-order valence-electron chi connectivity index (χ1n) is 8.18. The molecule has 1 heterocycles. The highest BCUT2D eigenvalue weighted by Gasteiger charge is 2.11. The van der Waals surface area contributed by atoms with Crippen LogP contribution in [-0.2, 0) is 11.3 Å². The fourth-order valence-corrected chi connectivity index (χ4v) is 2.55. The number of ether oxygens (including phenoxy) is 4. The van der Waals surface area contributed by atoms with E-state index in [0.29, 0.717) is 33.0 Å². The van der Waals surface area contributed by atoms with Gasteiger partial charge in [-0.05, 0) is 12.1 Å². The smallest absolute Gasteiger partial charge is 0.161 e. The van der Waals surface area contributed by atoms with Crippen molar-refractivity contribution in [2.45, 2.75) is 13.0 Å². The van der Waals surface area contributed by atoms with Crippen LogP contribution in [-0.4, -0.2) is 26.4 Å². The van der Waals surface area contributed by atoms with Crippen LogP contribution in [0.1, 0.15) is 17.5 Å². The van der Waals surface area contributed by atoms with Gasteiger partial charge in [-0.3, -0.25) is 0 Å².